The first-order valence-corrected chi connectivity index (χ1v) is 7.04. The number of hydrogen-bond donors (Lipinski definition) is 1. The van der Waals surface area contributed by atoms with Crippen molar-refractivity contribution in [2.45, 2.75) is 24.7 Å². The Bertz CT molecular complexity index is 683. The molecule has 1 N–H and O–H groups in total. The molecule has 2 aliphatic rings. The van der Waals surface area contributed by atoms with Crippen LogP contribution in [-0.2, 0) is 6.42 Å². The molecule has 0 unspecified atom stereocenters. The van der Waals surface area contributed by atoms with Crippen LogP contribution in [0.25, 0.3) is 0 Å². The number of aliphatic hydroxyl groups excluding tert-OH is 1. The van der Waals surface area contributed by atoms with Crippen LogP contribution in [0.4, 0.5) is 0 Å². The summed E-state index contributed by atoms with van der Waals surface area (Å²) in [5, 5.41) is 10.7. The number of fused-ring (bicyclic) bond motifs is 2. The molecule has 0 aliphatic carbocycles. The van der Waals surface area contributed by atoms with Crippen LogP contribution >= 0.6 is 0 Å². The summed E-state index contributed by atoms with van der Waals surface area (Å²) < 4.78 is 17.4. The third kappa shape index (κ3) is 1.72. The van der Waals surface area contributed by atoms with Crippen LogP contribution in [0.15, 0.2) is 42.5 Å². The fourth-order valence-corrected chi connectivity index (χ4v) is 3.11. The molecule has 108 valence electrons. The highest BCUT2D eigenvalue weighted by Crippen LogP contribution is 2.50. The molecule has 1 spiro atoms. The minimum atomic E-state index is -1.05. The Morgan fingerprint density at radius 2 is 2.00 bits per heavy atom. The number of hydrogen-bond acceptors (Lipinski definition) is 4. The van der Waals surface area contributed by atoms with Gasteiger partial charge in [0.2, 0.25) is 0 Å². The molecule has 4 heteroatoms. The highest BCUT2D eigenvalue weighted by molar-refractivity contribution is 5.50. The van der Waals surface area contributed by atoms with Gasteiger partial charge in [0.25, 0.3) is 5.79 Å². The number of aryl methyl sites for hydroxylation is 1. The number of methoxy groups -OCH3 is 1. The van der Waals surface area contributed by atoms with Gasteiger partial charge in [-0.1, -0.05) is 30.3 Å². The maximum absolute atomic E-state index is 10.7. The van der Waals surface area contributed by atoms with E-state index in [2.05, 4.69) is 0 Å². The van der Waals surface area contributed by atoms with Crippen molar-refractivity contribution in [3.05, 3.63) is 53.6 Å². The Labute approximate surface area is 122 Å². The summed E-state index contributed by atoms with van der Waals surface area (Å²) in [6.45, 7) is 0. The van der Waals surface area contributed by atoms with E-state index in [1.807, 2.05) is 42.5 Å². The number of para-hydroxylation sites is 2. The van der Waals surface area contributed by atoms with Crippen LogP contribution < -0.4 is 14.2 Å². The summed E-state index contributed by atoms with van der Waals surface area (Å²) in [7, 11) is 1.61. The topological polar surface area (TPSA) is 47.9 Å². The summed E-state index contributed by atoms with van der Waals surface area (Å²) in [5.41, 5.74) is 1.85. The largest absolute Gasteiger partial charge is 0.493 e. The molecule has 0 amide bonds. The monoisotopic (exact) mass is 284 g/mol. The minimum absolute atomic E-state index is 0.600. The Morgan fingerprint density at radius 1 is 1.14 bits per heavy atom. The number of benzene rings is 2. The Balaban J connectivity index is 1.76. The van der Waals surface area contributed by atoms with Gasteiger partial charge < -0.3 is 19.3 Å². The molecule has 0 aromatic heterocycles. The summed E-state index contributed by atoms with van der Waals surface area (Å²) in [6.07, 6.45) is 0.576. The third-order valence-corrected chi connectivity index (χ3v) is 4.21. The SMILES string of the molecule is COc1cccc2c1O[C@@]1(CC2)Oc2ccccc2[C@@H]1O. The van der Waals surface area contributed by atoms with Crippen LogP contribution in [0.2, 0.25) is 0 Å². The molecule has 2 atom stereocenters. The van der Waals surface area contributed by atoms with E-state index < -0.39 is 11.9 Å². The van der Waals surface area contributed by atoms with Gasteiger partial charge in [-0.15, -0.1) is 0 Å². The van der Waals surface area contributed by atoms with E-state index in [4.69, 9.17) is 14.2 Å². The molecule has 2 aromatic carbocycles. The van der Waals surface area contributed by atoms with Crippen molar-refractivity contribution >= 4 is 0 Å². The van der Waals surface area contributed by atoms with Gasteiger partial charge in [-0.05, 0) is 24.1 Å². The molecule has 4 rings (SSSR count). The molecule has 2 aliphatic heterocycles. The molecule has 0 fully saturated rings. The predicted molar refractivity (Wildman–Crippen MR) is 76.7 cm³/mol. The Kier molecular flexibility index (Phi) is 2.62. The molecule has 0 bridgehead atoms. The van der Waals surface area contributed by atoms with Crippen LogP contribution in [0.5, 0.6) is 17.2 Å². The maximum atomic E-state index is 10.7. The van der Waals surface area contributed by atoms with Crippen LogP contribution in [0.1, 0.15) is 23.7 Å². The van der Waals surface area contributed by atoms with Crippen molar-refractivity contribution in [2.24, 2.45) is 0 Å². The smallest absolute Gasteiger partial charge is 0.281 e. The van der Waals surface area contributed by atoms with Gasteiger partial charge in [-0.25, -0.2) is 0 Å². The summed E-state index contributed by atoms with van der Waals surface area (Å²) in [6, 6.07) is 13.3. The average Bonchev–Trinajstić information content (AvgIpc) is 2.79. The Hall–Kier alpha value is -2.20. The quantitative estimate of drug-likeness (QED) is 0.874. The lowest BCUT2D eigenvalue weighted by Gasteiger charge is -2.37. The second kappa shape index (κ2) is 4.40. The van der Waals surface area contributed by atoms with Gasteiger partial charge in [-0.2, -0.15) is 0 Å². The molecular weight excluding hydrogens is 268 g/mol. The standard InChI is InChI=1S/C17H16O4/c1-19-14-8-4-5-11-9-10-17(21-15(11)14)16(18)12-6-2-3-7-13(12)20-17/h2-8,16,18H,9-10H2,1H3/t16-,17+/m0/s1. The molecule has 0 saturated carbocycles. The van der Waals surface area contributed by atoms with E-state index in [9.17, 15) is 5.11 Å². The molecule has 2 aromatic rings. The summed E-state index contributed by atoms with van der Waals surface area (Å²) in [5.74, 6) is 0.963. The van der Waals surface area contributed by atoms with Gasteiger partial charge in [0.1, 0.15) is 5.75 Å². The van der Waals surface area contributed by atoms with Crippen molar-refractivity contribution in [2.75, 3.05) is 7.11 Å². The van der Waals surface area contributed by atoms with Gasteiger partial charge >= 0.3 is 0 Å². The number of rotatable bonds is 1. The first-order chi connectivity index (χ1) is 10.2. The lowest BCUT2D eigenvalue weighted by Crippen LogP contribution is -2.47. The minimum Gasteiger partial charge on any atom is -0.493 e. The first-order valence-electron chi connectivity index (χ1n) is 7.04. The van der Waals surface area contributed by atoms with Crippen LogP contribution in [0, 0.1) is 0 Å². The third-order valence-electron chi connectivity index (χ3n) is 4.21. The zero-order chi connectivity index (χ0) is 14.4. The van der Waals surface area contributed by atoms with E-state index >= 15 is 0 Å². The van der Waals surface area contributed by atoms with E-state index in [-0.39, 0.29) is 0 Å². The molecule has 0 radical (unpaired) electrons. The van der Waals surface area contributed by atoms with Crippen molar-refractivity contribution in [1.29, 1.82) is 0 Å². The second-order valence-electron chi connectivity index (χ2n) is 5.40. The maximum Gasteiger partial charge on any atom is 0.281 e. The first kappa shape index (κ1) is 12.5. The fraction of sp³-hybridized carbons (Fsp3) is 0.294. The van der Waals surface area contributed by atoms with Gasteiger partial charge in [0.15, 0.2) is 17.6 Å². The lowest BCUT2D eigenvalue weighted by atomic mass is 9.94. The number of aliphatic hydroxyl groups is 1. The lowest BCUT2D eigenvalue weighted by molar-refractivity contribution is -0.180. The van der Waals surface area contributed by atoms with Crippen molar-refractivity contribution in [1.82, 2.24) is 0 Å². The summed E-state index contributed by atoms with van der Waals surface area (Å²) in [4.78, 5) is 0. The van der Waals surface area contributed by atoms with Gasteiger partial charge in [0, 0.05) is 12.0 Å². The zero-order valence-corrected chi connectivity index (χ0v) is 11.7. The molecule has 0 saturated heterocycles. The summed E-state index contributed by atoms with van der Waals surface area (Å²) >= 11 is 0. The van der Waals surface area contributed by atoms with Crippen molar-refractivity contribution < 1.29 is 19.3 Å². The molecule has 21 heavy (non-hydrogen) atoms. The molecule has 2 heterocycles. The average molecular weight is 284 g/mol. The van der Waals surface area contributed by atoms with Crippen molar-refractivity contribution in [3.63, 3.8) is 0 Å². The van der Waals surface area contributed by atoms with E-state index in [1.54, 1.807) is 7.11 Å². The van der Waals surface area contributed by atoms with Crippen molar-refractivity contribution in [3.8, 4) is 17.2 Å². The fourth-order valence-electron chi connectivity index (χ4n) is 3.11. The van der Waals surface area contributed by atoms with E-state index in [1.165, 1.54) is 0 Å². The van der Waals surface area contributed by atoms with Gasteiger partial charge in [0.05, 0.1) is 7.11 Å². The predicted octanol–water partition coefficient (Wildman–Crippen LogP) is 2.84. The van der Waals surface area contributed by atoms with E-state index in [0.29, 0.717) is 23.7 Å². The highest BCUT2D eigenvalue weighted by Gasteiger charge is 2.52. The van der Waals surface area contributed by atoms with Crippen LogP contribution in [0.3, 0.4) is 0 Å². The molecule has 4 nitrogen and oxygen atoms in total. The zero-order valence-electron chi connectivity index (χ0n) is 11.7. The molecular formula is C17H16O4. The number of ether oxygens (including phenoxy) is 3. The highest BCUT2D eigenvalue weighted by atomic mass is 16.7. The second-order valence-corrected chi connectivity index (χ2v) is 5.40. The normalized spacial score (nSPS) is 25.7. The van der Waals surface area contributed by atoms with E-state index in [0.717, 1.165) is 17.5 Å². The van der Waals surface area contributed by atoms with Crippen LogP contribution in [-0.4, -0.2) is 18.0 Å². The Morgan fingerprint density at radius 3 is 2.81 bits per heavy atom. The van der Waals surface area contributed by atoms with Gasteiger partial charge in [-0.3, -0.25) is 0 Å².